The molecule has 3 heterocycles. The van der Waals surface area contributed by atoms with Crippen molar-refractivity contribution in [2.45, 2.75) is 190 Å². The number of Topliss-reactive ketones (excluding diaryl/α,β-unsaturated/α-hetero) is 2. The topological polar surface area (TPSA) is 193 Å². The Morgan fingerprint density at radius 2 is 1.33 bits per heavy atom. The summed E-state index contributed by atoms with van der Waals surface area (Å²) in [7, 11) is 2.19. The van der Waals surface area contributed by atoms with Crippen LogP contribution in [0.5, 0.6) is 5.75 Å². The molecule has 3 aliphatic rings. The van der Waals surface area contributed by atoms with Gasteiger partial charge in [-0.3, -0.25) is 34.0 Å². The van der Waals surface area contributed by atoms with Crippen molar-refractivity contribution < 1.29 is 38.7 Å². The highest BCUT2D eigenvalue weighted by Gasteiger charge is 2.33. The number of hydrogen-bond donors (Lipinski definition) is 3. The third kappa shape index (κ3) is 26.4. The molecule has 2 aliphatic carbocycles. The number of carboxylic acid groups (broad SMARTS) is 1. The highest BCUT2D eigenvalue weighted by atomic mass is 35.5. The zero-order chi connectivity index (χ0) is 82.9. The SMILES string of the molecule is CC(=O)C(C)(C)Oc1ccc(C(=O)c2ccc(Cl)cc2)cc1.CC(C)C1CCC(C(=O)N[C@H](Cc2ccccc2)C(=O)O)CC1.CCN(CC)CCCC(C)Nc1ccnc2cc(Cl)ccc12.CN(Cc1ccc(C(C)(C)C)cc1)Cc1cccc2ccccc12.Cc1cccc(-c2cnc3c(c2)C(C(=O)C2=NO[C@H](C)C2)=CC3)c1. The number of oxime groups is 1. The molecule has 0 radical (unpaired) electrons. The number of fused-ring (bicyclic) bond motifs is 3. The molecule has 8 aromatic carbocycles. The van der Waals surface area contributed by atoms with Crippen LogP contribution in [0.25, 0.3) is 38.4 Å². The second-order valence-electron chi connectivity index (χ2n) is 32.4. The third-order valence-electron chi connectivity index (χ3n) is 21.6. The van der Waals surface area contributed by atoms with E-state index in [4.69, 9.17) is 32.8 Å². The molecule has 604 valence electrons. The first-order valence-electron chi connectivity index (χ1n) is 40.4. The van der Waals surface area contributed by atoms with Crippen LogP contribution in [0, 0.1) is 24.7 Å². The highest BCUT2D eigenvalue weighted by molar-refractivity contribution is 6.56. The van der Waals surface area contributed by atoms with E-state index in [2.05, 4.69) is 196 Å². The third-order valence-corrected chi connectivity index (χ3v) is 22.1. The number of carbonyl (C=O) groups is 5. The molecule has 0 spiro atoms. The van der Waals surface area contributed by atoms with Crippen LogP contribution in [0.1, 0.15) is 183 Å². The summed E-state index contributed by atoms with van der Waals surface area (Å²) in [4.78, 5) is 79.4. The van der Waals surface area contributed by atoms with Crippen LogP contribution in [-0.2, 0) is 55.4 Å². The number of aromatic nitrogens is 2. The maximum Gasteiger partial charge on any atom is 0.326 e. The largest absolute Gasteiger partial charge is 0.480 e. The summed E-state index contributed by atoms with van der Waals surface area (Å²) in [6, 6.07) is 65.0. The Kier molecular flexibility index (Phi) is 32.8. The van der Waals surface area contributed by atoms with Gasteiger partial charge in [0.05, 0.1) is 11.2 Å². The predicted octanol–water partition coefficient (Wildman–Crippen LogP) is 21.9. The van der Waals surface area contributed by atoms with Crippen LogP contribution in [0.4, 0.5) is 5.69 Å². The van der Waals surface area contributed by atoms with Crippen molar-refractivity contribution in [1.29, 1.82) is 0 Å². The molecular formula is C98H115Cl2N7O8. The molecule has 0 saturated heterocycles. The van der Waals surface area contributed by atoms with E-state index in [9.17, 15) is 29.1 Å². The minimum atomic E-state index is -0.974. The number of carboxylic acids is 1. The number of aliphatic carboxylic acids is 1. The lowest BCUT2D eigenvalue weighted by atomic mass is 9.76. The molecule has 10 aromatic rings. The monoisotopic (exact) mass is 1590 g/mol. The van der Waals surface area contributed by atoms with Crippen molar-refractivity contribution in [3.63, 3.8) is 0 Å². The number of benzene rings is 8. The van der Waals surface area contributed by atoms with E-state index < -0.39 is 17.6 Å². The van der Waals surface area contributed by atoms with Gasteiger partial charge in [0.25, 0.3) is 0 Å². The molecule has 3 N–H and O–H groups in total. The maximum absolute atomic E-state index is 12.8. The summed E-state index contributed by atoms with van der Waals surface area (Å²) in [5.74, 6) is 0.593. The van der Waals surface area contributed by atoms with Crippen LogP contribution in [0.15, 0.2) is 224 Å². The first kappa shape index (κ1) is 88.8. The van der Waals surface area contributed by atoms with Gasteiger partial charge in [-0.15, -0.1) is 0 Å². The van der Waals surface area contributed by atoms with Gasteiger partial charge < -0.3 is 30.2 Å². The van der Waals surface area contributed by atoms with E-state index in [1.165, 1.54) is 52.9 Å². The first-order chi connectivity index (χ1) is 54.9. The average Bonchev–Trinajstić information content (AvgIpc) is 1.63. The van der Waals surface area contributed by atoms with Gasteiger partial charge in [0.1, 0.15) is 23.6 Å². The molecule has 3 atom stereocenters. The Morgan fingerprint density at radius 3 is 1.97 bits per heavy atom. The lowest BCUT2D eigenvalue weighted by Crippen LogP contribution is -2.45. The summed E-state index contributed by atoms with van der Waals surface area (Å²) in [6.07, 6.45) is 13.5. The van der Waals surface area contributed by atoms with E-state index in [1.807, 2.05) is 86.1 Å². The Hall–Kier alpha value is -10.2. The van der Waals surface area contributed by atoms with Gasteiger partial charge in [-0.2, -0.15) is 0 Å². The number of nitrogens with one attached hydrogen (secondary N) is 2. The Labute approximate surface area is 691 Å². The van der Waals surface area contributed by atoms with Crippen molar-refractivity contribution in [2.75, 3.05) is 32.0 Å². The van der Waals surface area contributed by atoms with Crippen molar-refractivity contribution in [1.82, 2.24) is 25.1 Å². The Morgan fingerprint density at radius 1 is 0.678 bits per heavy atom. The van der Waals surface area contributed by atoms with Crippen LogP contribution in [0.3, 0.4) is 0 Å². The summed E-state index contributed by atoms with van der Waals surface area (Å²) >= 11 is 11.9. The molecule has 17 heteroatoms. The smallest absolute Gasteiger partial charge is 0.326 e. The molecule has 15 nitrogen and oxygen atoms in total. The summed E-state index contributed by atoms with van der Waals surface area (Å²) in [5, 5.41) is 24.8. The van der Waals surface area contributed by atoms with Crippen LogP contribution < -0.4 is 15.4 Å². The molecule has 1 aliphatic heterocycles. The fraction of sp³-hybridized carbons (Fsp3) is 0.367. The zero-order valence-corrected chi connectivity index (χ0v) is 71.0. The second-order valence-corrected chi connectivity index (χ2v) is 33.2. The number of carbonyl (C=O) groups excluding carboxylic acids is 4. The molecule has 115 heavy (non-hydrogen) atoms. The predicted molar refractivity (Wildman–Crippen MR) is 472 cm³/mol. The number of pyridine rings is 2. The minimum absolute atomic E-state index is 0.0258. The Bertz CT molecular complexity index is 4940. The highest BCUT2D eigenvalue weighted by Crippen LogP contribution is 2.36. The number of nitrogens with zero attached hydrogens (tertiary/aromatic N) is 5. The van der Waals surface area contributed by atoms with Crippen molar-refractivity contribution in [2.24, 2.45) is 22.9 Å². The van der Waals surface area contributed by atoms with Crippen LogP contribution >= 0.6 is 23.2 Å². The molecule has 1 fully saturated rings. The van der Waals surface area contributed by atoms with Gasteiger partial charge in [-0.1, -0.05) is 210 Å². The van der Waals surface area contributed by atoms with E-state index in [1.54, 1.807) is 62.4 Å². The Balaban J connectivity index is 0.000000165. The molecular weight excluding hydrogens is 1470 g/mol. The van der Waals surface area contributed by atoms with E-state index in [0.29, 0.717) is 70.3 Å². The number of amides is 1. The minimum Gasteiger partial charge on any atom is -0.480 e. The first-order valence-corrected chi connectivity index (χ1v) is 41.2. The number of anilines is 1. The maximum atomic E-state index is 12.8. The number of allylic oxidation sites excluding steroid dienone is 2. The molecule has 13 rings (SSSR count). The second kappa shape index (κ2) is 42.5. The van der Waals surface area contributed by atoms with E-state index in [0.717, 1.165) is 108 Å². The standard InChI is InChI=1S/C23H27N.C20H18N2O2.C19H27NO3.C18H26ClN3.C18H17ClO3/c1-23(2,3)21-14-12-18(13-15-21)16-24(4)17-20-10-7-9-19-8-5-6-11-22(19)20;1-12-4-3-5-14(8-12)15-10-17-16(6-7-18(17)21-11-15)20(23)19-9-13(2)24-22-19;1-13(2)15-8-10-16(11-9-15)18(21)20-17(19(22)23)12-14-6-4-3-5-7-14;1-4-22(5-2)12-6-7-14(3)21-17-10-11-20-18-13-15(19)8-9-16(17)18;1-12(20)18(2,3)22-16-10-6-14(7-11-16)17(21)13-4-8-15(19)9-5-13/h5-15H,16-17H2,1-4H3;3-6,8,10-11,13H,7,9H2,1-2H3;3-7,13,15-17H,8-12H2,1-2H3,(H,20,21)(H,22,23);8-11,13-14H,4-7,12H2,1-3H3,(H,20,21);4-11H,1-3H3/t;13-;15?,16?,17-;;/m.11../s1. The van der Waals surface area contributed by atoms with Crippen molar-refractivity contribution >= 4 is 91.1 Å². The summed E-state index contributed by atoms with van der Waals surface area (Å²) in [5.41, 5.74) is 14.0. The number of ketones is 3. The van der Waals surface area contributed by atoms with Gasteiger partial charge in [-0.25, -0.2) is 4.79 Å². The molecule has 1 amide bonds. The molecule has 0 bridgehead atoms. The van der Waals surface area contributed by atoms with Crippen LogP contribution in [-0.4, -0.2) is 110 Å². The zero-order valence-electron chi connectivity index (χ0n) is 69.4. The number of hydrogen-bond acceptors (Lipinski definition) is 13. The normalized spacial score (nSPS) is 15.5. The molecule has 2 aromatic heterocycles. The fourth-order valence-electron chi connectivity index (χ4n) is 14.3. The summed E-state index contributed by atoms with van der Waals surface area (Å²) in [6.45, 7) is 32.2. The number of rotatable bonds is 26. The van der Waals surface area contributed by atoms with Gasteiger partial charge in [0.2, 0.25) is 11.7 Å². The lowest BCUT2D eigenvalue weighted by Gasteiger charge is -2.30. The molecule has 1 saturated carbocycles. The number of ether oxygens (including phenoxy) is 1. The average molecular weight is 1590 g/mol. The van der Waals surface area contributed by atoms with Gasteiger partial charge >= 0.3 is 5.97 Å². The van der Waals surface area contributed by atoms with Gasteiger partial charge in [0, 0.05) is 106 Å². The van der Waals surface area contributed by atoms with Crippen molar-refractivity contribution in [3.05, 3.63) is 279 Å². The van der Waals surface area contributed by atoms with E-state index >= 15 is 0 Å². The van der Waals surface area contributed by atoms with Crippen molar-refractivity contribution in [3.8, 4) is 16.9 Å². The number of halogens is 2. The summed E-state index contributed by atoms with van der Waals surface area (Å²) < 4.78 is 5.64. The van der Waals surface area contributed by atoms with Gasteiger partial charge in [-0.05, 0) is 241 Å². The lowest BCUT2D eigenvalue weighted by molar-refractivity contribution is -0.142. The van der Waals surface area contributed by atoms with E-state index in [-0.39, 0.29) is 40.7 Å². The number of aryl methyl sites for hydroxylation is 1. The fourth-order valence-corrected chi connectivity index (χ4v) is 14.6. The van der Waals surface area contributed by atoms with Crippen LogP contribution in [0.2, 0.25) is 10.0 Å². The van der Waals surface area contributed by atoms with Gasteiger partial charge in [0.15, 0.2) is 17.2 Å². The quantitative estimate of drug-likeness (QED) is 0.0434. The molecule has 1 unspecified atom stereocenters.